The van der Waals surface area contributed by atoms with E-state index in [-0.39, 0.29) is 0 Å². The third-order valence-corrected chi connectivity index (χ3v) is 1.44. The van der Waals surface area contributed by atoms with E-state index in [9.17, 15) is 14.4 Å². The molecule has 82 valence electrons. The second-order valence-corrected chi connectivity index (χ2v) is 2.52. The Bertz CT molecular complexity index is 325. The summed E-state index contributed by atoms with van der Waals surface area (Å²) >= 11 is 0. The van der Waals surface area contributed by atoms with Gasteiger partial charge in [0.1, 0.15) is 6.04 Å². The highest BCUT2D eigenvalue weighted by molar-refractivity contribution is 5.96. The first-order valence-corrected chi connectivity index (χ1v) is 4.04. The van der Waals surface area contributed by atoms with Crippen LogP contribution in [-0.2, 0) is 19.1 Å². The Labute approximate surface area is 86.6 Å². The number of methoxy groups -OCH3 is 1. The lowest BCUT2D eigenvalue weighted by Crippen LogP contribution is -2.41. The molecule has 0 bridgehead atoms. The van der Waals surface area contributed by atoms with Gasteiger partial charge in [-0.05, 0) is 12.8 Å². The number of rotatable bonds is 4. The van der Waals surface area contributed by atoms with E-state index < -0.39 is 30.3 Å². The summed E-state index contributed by atoms with van der Waals surface area (Å²) in [7, 11) is 1.13. The Morgan fingerprint density at radius 2 is 2.07 bits per heavy atom. The second-order valence-electron chi connectivity index (χ2n) is 2.52. The van der Waals surface area contributed by atoms with Crippen LogP contribution in [0.3, 0.4) is 0 Å². The number of ether oxygens (including phenoxy) is 1. The number of esters is 1. The van der Waals surface area contributed by atoms with Crippen molar-refractivity contribution in [2.45, 2.75) is 19.4 Å². The fraction of sp³-hybridized carbons (Fsp3) is 0.444. The van der Waals surface area contributed by atoms with E-state index in [1.54, 1.807) is 0 Å². The smallest absolute Gasteiger partial charge is 0.326 e. The fourth-order valence-electron chi connectivity index (χ4n) is 0.758. The van der Waals surface area contributed by atoms with E-state index in [4.69, 9.17) is 5.11 Å². The van der Waals surface area contributed by atoms with E-state index in [1.807, 2.05) is 0 Å². The molecule has 0 saturated heterocycles. The van der Waals surface area contributed by atoms with Gasteiger partial charge in [-0.3, -0.25) is 9.59 Å². The van der Waals surface area contributed by atoms with Crippen LogP contribution in [0.25, 0.3) is 0 Å². The molecule has 2 N–H and O–H groups in total. The van der Waals surface area contributed by atoms with E-state index in [1.165, 1.54) is 6.92 Å². The third kappa shape index (κ3) is 5.31. The van der Waals surface area contributed by atoms with Gasteiger partial charge in [0, 0.05) is 0 Å². The first-order chi connectivity index (χ1) is 7.01. The van der Waals surface area contributed by atoms with Crippen molar-refractivity contribution in [1.29, 1.82) is 0 Å². The maximum atomic E-state index is 10.9. The molecule has 1 atom stereocenters. The third-order valence-electron chi connectivity index (χ3n) is 1.44. The maximum absolute atomic E-state index is 10.9. The summed E-state index contributed by atoms with van der Waals surface area (Å²) in [6.07, 6.45) is -0.428. The van der Waals surface area contributed by atoms with Crippen LogP contribution in [0.15, 0.2) is 0 Å². The zero-order valence-electron chi connectivity index (χ0n) is 8.36. The Hall–Kier alpha value is -2.03. The van der Waals surface area contributed by atoms with Crippen LogP contribution in [0.1, 0.15) is 13.3 Å². The van der Waals surface area contributed by atoms with Gasteiger partial charge in [0.25, 0.3) is 5.91 Å². The summed E-state index contributed by atoms with van der Waals surface area (Å²) in [5, 5.41) is 10.7. The highest BCUT2D eigenvalue weighted by atomic mass is 16.5. The van der Waals surface area contributed by atoms with Gasteiger partial charge in [-0.1, -0.05) is 5.92 Å². The summed E-state index contributed by atoms with van der Waals surface area (Å²) in [4.78, 5) is 32.3. The van der Waals surface area contributed by atoms with Crippen molar-refractivity contribution in [1.82, 2.24) is 5.32 Å². The van der Waals surface area contributed by atoms with Gasteiger partial charge in [-0.25, -0.2) is 4.79 Å². The summed E-state index contributed by atoms with van der Waals surface area (Å²) in [6, 6.07) is -1.31. The van der Waals surface area contributed by atoms with E-state index in [2.05, 4.69) is 21.9 Å². The highest BCUT2D eigenvalue weighted by Gasteiger charge is 2.22. The zero-order chi connectivity index (χ0) is 11.8. The fourth-order valence-corrected chi connectivity index (χ4v) is 0.758. The maximum Gasteiger partial charge on any atom is 0.326 e. The average Bonchev–Trinajstić information content (AvgIpc) is 2.16. The predicted octanol–water partition coefficient (Wildman–Crippen LogP) is -0.858. The number of carboxylic acid groups (broad SMARTS) is 1. The number of carbonyl (C=O) groups is 3. The molecule has 0 aromatic heterocycles. The summed E-state index contributed by atoms with van der Waals surface area (Å²) in [6.45, 7) is 1.44. The molecule has 15 heavy (non-hydrogen) atoms. The number of hydrogen-bond donors (Lipinski definition) is 2. The normalized spacial score (nSPS) is 10.5. The lowest BCUT2D eigenvalue weighted by Gasteiger charge is -2.10. The largest absolute Gasteiger partial charge is 0.480 e. The highest BCUT2D eigenvalue weighted by Crippen LogP contribution is 1.94. The predicted molar refractivity (Wildman–Crippen MR) is 49.6 cm³/mol. The van der Waals surface area contributed by atoms with Gasteiger partial charge in [0.2, 0.25) is 0 Å². The minimum absolute atomic E-state index is 0.428. The van der Waals surface area contributed by atoms with Crippen LogP contribution >= 0.6 is 0 Å². The first-order valence-electron chi connectivity index (χ1n) is 4.04. The SMILES string of the molecule is CC#CC(=O)N[C@@H](CC(=O)OC)C(=O)O. The van der Waals surface area contributed by atoms with Crippen LogP contribution in [0, 0.1) is 11.8 Å². The standard InChI is InChI=1S/C9H11NO5/c1-3-4-7(11)10-6(9(13)14)5-8(12)15-2/h6H,5H2,1-2H3,(H,10,11)(H,13,14)/t6-/m0/s1. The molecule has 1 amide bonds. The molecule has 0 unspecified atom stereocenters. The van der Waals surface area contributed by atoms with Crippen LogP contribution in [0.5, 0.6) is 0 Å². The molecule has 0 spiro atoms. The van der Waals surface area contributed by atoms with Crippen molar-refractivity contribution in [3.05, 3.63) is 0 Å². The van der Waals surface area contributed by atoms with Crippen molar-refractivity contribution in [3.8, 4) is 11.8 Å². The molecule has 0 aliphatic carbocycles. The van der Waals surface area contributed by atoms with Gasteiger partial charge in [-0.2, -0.15) is 0 Å². The first kappa shape index (κ1) is 13.0. The monoisotopic (exact) mass is 213 g/mol. The molecule has 0 radical (unpaired) electrons. The van der Waals surface area contributed by atoms with Gasteiger partial charge in [0.15, 0.2) is 0 Å². The number of aliphatic carboxylic acids is 1. The van der Waals surface area contributed by atoms with Crippen molar-refractivity contribution in [2.75, 3.05) is 7.11 Å². The molecular weight excluding hydrogens is 202 g/mol. The Morgan fingerprint density at radius 1 is 1.47 bits per heavy atom. The van der Waals surface area contributed by atoms with Crippen molar-refractivity contribution in [2.24, 2.45) is 0 Å². The number of hydrogen-bond acceptors (Lipinski definition) is 4. The summed E-state index contributed by atoms with van der Waals surface area (Å²) < 4.78 is 4.28. The van der Waals surface area contributed by atoms with Gasteiger partial charge in [-0.15, -0.1) is 0 Å². The molecule has 0 saturated carbocycles. The molecule has 0 aliphatic heterocycles. The summed E-state index contributed by atoms with van der Waals surface area (Å²) in [5.41, 5.74) is 0. The molecule has 0 aromatic carbocycles. The zero-order valence-corrected chi connectivity index (χ0v) is 8.36. The van der Waals surface area contributed by atoms with Crippen molar-refractivity contribution < 1.29 is 24.2 Å². The van der Waals surface area contributed by atoms with Crippen LogP contribution in [0.2, 0.25) is 0 Å². The van der Waals surface area contributed by atoms with E-state index >= 15 is 0 Å². The summed E-state index contributed by atoms with van der Waals surface area (Å²) in [5.74, 6) is 1.64. The molecule has 0 fully saturated rings. The average molecular weight is 213 g/mol. The van der Waals surface area contributed by atoms with E-state index in [0.717, 1.165) is 7.11 Å². The van der Waals surface area contributed by atoms with Gasteiger partial charge in [0.05, 0.1) is 13.5 Å². The van der Waals surface area contributed by atoms with Gasteiger partial charge < -0.3 is 15.2 Å². The number of nitrogens with one attached hydrogen (secondary N) is 1. The number of amides is 1. The number of carbonyl (C=O) groups excluding carboxylic acids is 2. The van der Waals surface area contributed by atoms with Gasteiger partial charge >= 0.3 is 11.9 Å². The molecule has 6 nitrogen and oxygen atoms in total. The Kier molecular flexibility index (Phi) is 5.56. The topological polar surface area (TPSA) is 92.7 Å². The minimum atomic E-state index is -1.31. The van der Waals surface area contributed by atoms with Crippen molar-refractivity contribution in [3.63, 3.8) is 0 Å². The molecule has 0 rings (SSSR count). The molecule has 0 aliphatic rings. The molecule has 6 heteroatoms. The lowest BCUT2D eigenvalue weighted by molar-refractivity contribution is -0.148. The van der Waals surface area contributed by atoms with Crippen molar-refractivity contribution >= 4 is 17.8 Å². The molecular formula is C9H11NO5. The molecule has 0 aromatic rings. The minimum Gasteiger partial charge on any atom is -0.480 e. The Morgan fingerprint density at radius 3 is 2.47 bits per heavy atom. The second kappa shape index (κ2) is 6.43. The van der Waals surface area contributed by atoms with Crippen LogP contribution in [-0.4, -0.2) is 36.1 Å². The quantitative estimate of drug-likeness (QED) is 0.468. The lowest BCUT2D eigenvalue weighted by atomic mass is 10.2. The molecule has 0 heterocycles. The number of carboxylic acids is 1. The van der Waals surface area contributed by atoms with Crippen LogP contribution in [0.4, 0.5) is 0 Å². The van der Waals surface area contributed by atoms with Crippen LogP contribution < -0.4 is 5.32 Å². The van der Waals surface area contributed by atoms with E-state index in [0.29, 0.717) is 0 Å². The Balaban J connectivity index is 4.39.